The number of esters is 2. The molecule has 0 aliphatic carbocycles. The number of piperidine rings is 1. The Hall–Kier alpha value is -4.89. The van der Waals surface area contributed by atoms with E-state index in [9.17, 15) is 52.7 Å². The van der Waals surface area contributed by atoms with E-state index in [1.807, 2.05) is 73.4 Å². The van der Waals surface area contributed by atoms with Crippen molar-refractivity contribution in [1.29, 1.82) is 0 Å². The average Bonchev–Trinajstić information content (AvgIpc) is 0.810. The van der Waals surface area contributed by atoms with E-state index in [2.05, 4.69) is 150 Å². The summed E-state index contributed by atoms with van der Waals surface area (Å²) in [5.41, 5.74) is 5.29. The number of rotatable bonds is 23. The van der Waals surface area contributed by atoms with Gasteiger partial charge in [0.2, 0.25) is 23.0 Å². The number of likely N-dealkylation sites (tertiary alicyclic amines) is 1. The molecule has 2 saturated heterocycles. The van der Waals surface area contributed by atoms with E-state index in [0.29, 0.717) is 105 Å². The smallest absolute Gasteiger partial charge is 0.313 e. The van der Waals surface area contributed by atoms with E-state index in [-0.39, 0.29) is 69.7 Å². The van der Waals surface area contributed by atoms with Crippen molar-refractivity contribution in [3.63, 3.8) is 0 Å². The van der Waals surface area contributed by atoms with Crippen molar-refractivity contribution in [3.05, 3.63) is 36.3 Å². The first-order valence-corrected chi connectivity index (χ1v) is 39.1. The summed E-state index contributed by atoms with van der Waals surface area (Å²) in [7, 11) is 0. The fraction of sp³-hybridized carbons (Fsp3) is 0.790. The molecule has 0 radical (unpaired) electrons. The second-order valence-electron chi connectivity index (χ2n) is 35.7. The SMILES string of the molecule is CC(C)(CC(=O)O)CC(=O)O.CC(C)CCC(=O)CC(C)(C)CC(=O)O.CC(C)CN.CC(C)CN1C(=O)CC(C)(C)CC1=O.CC(C)CN1C=CC(C)(C)CC1.CC(C)CN1C=CC(C)(C)CC1=O.CC1(C)CC(=O)OC(=O)C1.CCC(=O)C1=CN(CC(C)C)CCC1(C)C.CCC(=O)Cl.ClC(Cl)Cl. The molecule has 105 heavy (non-hydrogen) atoms. The van der Waals surface area contributed by atoms with E-state index in [4.69, 9.17) is 67.5 Å². The van der Waals surface area contributed by atoms with Crippen LogP contribution < -0.4 is 5.73 Å². The van der Waals surface area contributed by atoms with Gasteiger partial charge in [0, 0.05) is 102 Å². The number of carboxylic acid groups (broad SMARTS) is 3. The molecule has 3 amide bonds. The molecule has 0 aromatic heterocycles. The maximum atomic E-state index is 11.9. The standard InChI is InChI=1S/C14H25NO.C12H22O3.C11H19NO2.C11H19NO.C11H21N.C7H12O4.C7H10O3.C4H11N.C3H5ClO.CHCl3/c1-6-13(16)12-10-15(9-11(2)3)8-7-14(12,4)5;1-9(2)5-6-10(13)7-12(3,4)8-11(14)15;1-8(2)7-12-9(13)5-11(3,4)6-10(12)14;1-9(2)8-12-6-5-11(3,4)7-10(12)13;1-10(2)9-12-7-5-11(3,4)6-8-12;1-7(2,3-5(8)9)4-6(10)11;1-7(2)3-5(8)10-6(9)4-7;1-4(2)3-5;1-2-3(4)5;2-1(3)4/h10-11H,6-9H2,1-5H3;9H,5-8H2,1-4H3,(H,14,15);8H,5-7H2,1-4H3;5-6,9H,7-8H2,1-4H3;5,7,10H,6,8-9H2,1-4H3;3-4H2,1-2H3,(H,8,9)(H,10,11);3-4H2,1-2H3;4H,3,5H2,1-2H3;2H2,1H3;1H. The normalized spacial score (nSPS) is 17.4. The molecule has 2 fully saturated rings. The maximum absolute atomic E-state index is 11.9. The van der Waals surface area contributed by atoms with Crippen molar-refractivity contribution in [3.8, 4) is 0 Å². The second kappa shape index (κ2) is 53.0. The quantitative estimate of drug-likeness (QED) is 0.0243. The number of hydrogen-bond donors (Lipinski definition) is 4. The third kappa shape index (κ3) is 63.7. The van der Waals surface area contributed by atoms with Crippen LogP contribution in [0.5, 0.6) is 0 Å². The molecule has 5 rings (SSSR count). The molecule has 0 spiro atoms. The van der Waals surface area contributed by atoms with Gasteiger partial charge in [-0.05, 0) is 117 Å². The Morgan fingerprint density at radius 2 is 0.886 bits per heavy atom. The summed E-state index contributed by atoms with van der Waals surface area (Å²) >= 11 is 19.2. The molecule has 612 valence electrons. The summed E-state index contributed by atoms with van der Waals surface area (Å²) in [6.07, 6.45) is 18.2. The Kier molecular flexibility index (Phi) is 54.9. The predicted octanol–water partition coefficient (Wildman–Crippen LogP) is 18.8. The van der Waals surface area contributed by atoms with Crippen LogP contribution in [0.2, 0.25) is 0 Å². The number of carbonyl (C=O) groups excluding carboxylic acids is 8. The summed E-state index contributed by atoms with van der Waals surface area (Å²) < 4.78 is 3.59. The molecule has 20 nitrogen and oxygen atoms in total. The maximum Gasteiger partial charge on any atom is 0.313 e. The molecule has 0 aromatic rings. The van der Waals surface area contributed by atoms with Gasteiger partial charge in [-0.1, -0.05) is 241 Å². The van der Waals surface area contributed by atoms with Gasteiger partial charge in [-0.3, -0.25) is 57.6 Å². The van der Waals surface area contributed by atoms with Crippen LogP contribution in [0.25, 0.3) is 0 Å². The highest BCUT2D eigenvalue weighted by Gasteiger charge is 2.38. The van der Waals surface area contributed by atoms with Crippen LogP contribution in [0.3, 0.4) is 0 Å². The number of ketones is 2. The highest BCUT2D eigenvalue weighted by molar-refractivity contribution is 6.63. The van der Waals surface area contributed by atoms with E-state index in [1.165, 1.54) is 24.4 Å². The molecular formula is C81H145Cl4N5O15. The monoisotopic (exact) mass is 1570 g/mol. The Bertz CT molecular complexity index is 2690. The molecule has 0 bridgehead atoms. The fourth-order valence-electron chi connectivity index (χ4n) is 10.5. The summed E-state index contributed by atoms with van der Waals surface area (Å²) in [6, 6.07) is 0. The fourth-order valence-corrected chi connectivity index (χ4v) is 10.5. The van der Waals surface area contributed by atoms with Crippen LogP contribution in [-0.4, -0.2) is 149 Å². The van der Waals surface area contributed by atoms with Gasteiger partial charge in [-0.2, -0.15) is 0 Å². The number of nitrogens with zero attached hydrogens (tertiary/aromatic N) is 4. The van der Waals surface area contributed by atoms with Crippen LogP contribution in [0.4, 0.5) is 0 Å². The van der Waals surface area contributed by atoms with Crippen molar-refractivity contribution in [2.75, 3.05) is 45.8 Å². The van der Waals surface area contributed by atoms with Crippen LogP contribution in [0.15, 0.2) is 36.3 Å². The van der Waals surface area contributed by atoms with E-state index in [0.717, 1.165) is 50.5 Å². The van der Waals surface area contributed by atoms with Crippen molar-refractivity contribution < 1.29 is 72.8 Å². The summed E-state index contributed by atoms with van der Waals surface area (Å²) in [6.45, 7) is 63.8. The Morgan fingerprint density at radius 1 is 0.514 bits per heavy atom. The lowest BCUT2D eigenvalue weighted by Crippen LogP contribution is -2.47. The highest BCUT2D eigenvalue weighted by Crippen LogP contribution is 2.37. The number of alkyl halides is 3. The molecule has 0 saturated carbocycles. The van der Waals surface area contributed by atoms with Crippen molar-refractivity contribution in [2.24, 2.45) is 79.1 Å². The first kappa shape index (κ1) is 109. The highest BCUT2D eigenvalue weighted by atomic mass is 35.6. The number of aliphatic carboxylic acids is 3. The van der Waals surface area contributed by atoms with E-state index >= 15 is 0 Å². The first-order chi connectivity index (χ1) is 47.4. The number of ether oxygens (including phenoxy) is 1. The summed E-state index contributed by atoms with van der Waals surface area (Å²) in [5, 5.41) is 25.1. The number of carbonyl (C=O) groups is 11. The molecule has 5 aliphatic rings. The van der Waals surface area contributed by atoms with Crippen LogP contribution in [0, 0.1) is 73.4 Å². The number of amides is 3. The number of hydrogen-bond acceptors (Lipinski definition) is 15. The topological polar surface area (TPSA) is 297 Å². The Balaban J connectivity index is -0.000000360. The average molecular weight is 1570 g/mol. The molecule has 24 heteroatoms. The minimum atomic E-state index is -0.962. The minimum Gasteiger partial charge on any atom is -0.481 e. The second-order valence-corrected chi connectivity index (χ2v) is 38.1. The predicted molar refractivity (Wildman–Crippen MR) is 429 cm³/mol. The minimum absolute atomic E-state index is 0.0139. The van der Waals surface area contributed by atoms with Gasteiger partial charge in [0.05, 0.1) is 32.1 Å². The van der Waals surface area contributed by atoms with Gasteiger partial charge in [-0.25, -0.2) is 0 Å². The molecule has 0 aromatic carbocycles. The molecule has 5 N–H and O–H groups in total. The van der Waals surface area contributed by atoms with Gasteiger partial charge in [-0.15, -0.1) is 0 Å². The van der Waals surface area contributed by atoms with Crippen molar-refractivity contribution in [2.45, 2.75) is 294 Å². The lowest BCUT2D eigenvalue weighted by Gasteiger charge is -2.37. The third-order valence-electron chi connectivity index (χ3n) is 16.1. The van der Waals surface area contributed by atoms with Crippen molar-refractivity contribution >= 4 is 111 Å². The summed E-state index contributed by atoms with van der Waals surface area (Å²) in [4.78, 5) is 128. The molecule has 0 unspecified atom stereocenters. The third-order valence-corrected chi connectivity index (χ3v) is 16.3. The molecule has 0 atom stereocenters. The first-order valence-electron chi connectivity index (χ1n) is 37.4. The van der Waals surface area contributed by atoms with Gasteiger partial charge in [0.25, 0.3) is 0 Å². The van der Waals surface area contributed by atoms with Crippen LogP contribution in [-0.2, 0) is 57.5 Å². The largest absolute Gasteiger partial charge is 0.481 e. The van der Waals surface area contributed by atoms with Gasteiger partial charge >= 0.3 is 29.8 Å². The Labute approximate surface area is 655 Å². The zero-order valence-corrected chi connectivity index (χ0v) is 73.1. The van der Waals surface area contributed by atoms with E-state index in [1.54, 1.807) is 20.8 Å². The lowest BCUT2D eigenvalue weighted by atomic mass is 9.77. The number of Topliss-reactive ketones (excluding diaryl/α,β-unsaturated/α-hetero) is 2. The number of cyclic esters (lactones) is 2. The van der Waals surface area contributed by atoms with Gasteiger partial charge in [0.1, 0.15) is 5.78 Å². The number of halogens is 4. The van der Waals surface area contributed by atoms with Crippen LogP contribution >= 0.6 is 46.4 Å². The zero-order chi connectivity index (χ0) is 83.6. The van der Waals surface area contributed by atoms with Crippen molar-refractivity contribution in [1.82, 2.24) is 19.6 Å². The van der Waals surface area contributed by atoms with Crippen LogP contribution in [0.1, 0.15) is 290 Å². The lowest BCUT2D eigenvalue weighted by molar-refractivity contribution is -0.168. The molecule has 5 aliphatic heterocycles. The van der Waals surface area contributed by atoms with Gasteiger partial charge in [0.15, 0.2) is 10.1 Å². The molecular weight excluding hydrogens is 1420 g/mol. The number of imide groups is 1. The zero-order valence-electron chi connectivity index (χ0n) is 70.1. The summed E-state index contributed by atoms with van der Waals surface area (Å²) in [5.74, 6) is 0.637. The van der Waals surface area contributed by atoms with E-state index < -0.39 is 45.0 Å². The number of allylic oxidation sites excluding steroid dienone is 3. The van der Waals surface area contributed by atoms with Gasteiger partial charge < -0.3 is 40.5 Å². The Morgan fingerprint density at radius 3 is 1.21 bits per heavy atom. The molecule has 5 heterocycles. The number of carboxylic acids is 3. The number of nitrogens with two attached hydrogens (primary N) is 1.